The summed E-state index contributed by atoms with van der Waals surface area (Å²) in [7, 11) is 2.25. The summed E-state index contributed by atoms with van der Waals surface area (Å²) in [6, 6.07) is 0. The van der Waals surface area contributed by atoms with Crippen molar-refractivity contribution in [1.29, 1.82) is 0 Å². The molecule has 3 heteroatoms. The molecule has 2 heterocycles. The molecular weight excluding hydrogens is 204 g/mol. The molecule has 0 spiro atoms. The van der Waals surface area contributed by atoms with E-state index in [1.807, 2.05) is 0 Å². The molecule has 2 nitrogen and oxygen atoms in total. The van der Waals surface area contributed by atoms with Crippen LogP contribution in [0.25, 0.3) is 0 Å². The van der Waals surface area contributed by atoms with E-state index in [9.17, 15) is 0 Å². The Morgan fingerprint density at radius 3 is 2.87 bits per heavy atom. The maximum absolute atomic E-state index is 3.68. The maximum atomic E-state index is 3.68. The van der Waals surface area contributed by atoms with Crippen molar-refractivity contribution in [3.8, 4) is 0 Å². The number of piperidine rings is 1. The minimum atomic E-state index is 0.901. The van der Waals surface area contributed by atoms with Crippen LogP contribution in [-0.4, -0.2) is 49.6 Å². The molecule has 15 heavy (non-hydrogen) atoms. The number of thioether (sulfide) groups is 1. The molecule has 0 aliphatic carbocycles. The number of nitrogens with zero attached hydrogens (tertiary/aromatic N) is 1. The summed E-state index contributed by atoms with van der Waals surface area (Å²) in [5.74, 6) is 4.63. The third-order valence-corrected chi connectivity index (χ3v) is 4.84. The van der Waals surface area contributed by atoms with E-state index in [2.05, 4.69) is 29.0 Å². The van der Waals surface area contributed by atoms with Gasteiger partial charge in [-0.3, -0.25) is 0 Å². The Morgan fingerprint density at radius 2 is 2.13 bits per heavy atom. The van der Waals surface area contributed by atoms with Crippen molar-refractivity contribution in [2.45, 2.75) is 19.3 Å². The predicted octanol–water partition coefficient (Wildman–Crippen LogP) is 1.67. The normalized spacial score (nSPS) is 33.4. The van der Waals surface area contributed by atoms with Crippen LogP contribution in [-0.2, 0) is 0 Å². The lowest BCUT2D eigenvalue weighted by Gasteiger charge is -2.30. The van der Waals surface area contributed by atoms with Gasteiger partial charge in [-0.05, 0) is 69.3 Å². The van der Waals surface area contributed by atoms with Gasteiger partial charge in [0.1, 0.15) is 0 Å². The van der Waals surface area contributed by atoms with Gasteiger partial charge < -0.3 is 10.2 Å². The zero-order valence-electron chi connectivity index (χ0n) is 9.87. The Bertz CT molecular complexity index is 180. The highest BCUT2D eigenvalue weighted by Crippen LogP contribution is 2.22. The fourth-order valence-corrected chi connectivity index (χ4v) is 3.96. The molecule has 2 saturated heterocycles. The van der Waals surface area contributed by atoms with Crippen molar-refractivity contribution in [2.24, 2.45) is 11.8 Å². The third-order valence-electron chi connectivity index (χ3n) is 3.61. The van der Waals surface area contributed by atoms with Gasteiger partial charge in [0.2, 0.25) is 0 Å². The van der Waals surface area contributed by atoms with Gasteiger partial charge in [-0.15, -0.1) is 0 Å². The van der Waals surface area contributed by atoms with Crippen LogP contribution >= 0.6 is 11.8 Å². The quantitative estimate of drug-likeness (QED) is 0.788. The fourth-order valence-electron chi connectivity index (χ4n) is 2.68. The molecule has 0 bridgehead atoms. The Kier molecular flexibility index (Phi) is 4.79. The largest absolute Gasteiger partial charge is 0.316 e. The second kappa shape index (κ2) is 6.12. The van der Waals surface area contributed by atoms with E-state index in [-0.39, 0.29) is 0 Å². The number of rotatable bonds is 4. The molecule has 0 aromatic heterocycles. The zero-order chi connectivity index (χ0) is 10.5. The van der Waals surface area contributed by atoms with Crippen LogP contribution in [0, 0.1) is 11.8 Å². The lowest BCUT2D eigenvalue weighted by Crippen LogP contribution is -2.38. The van der Waals surface area contributed by atoms with Gasteiger partial charge in [0.05, 0.1) is 0 Å². The summed E-state index contributed by atoms with van der Waals surface area (Å²) in [5, 5.41) is 3.68. The Labute approximate surface area is 98.2 Å². The van der Waals surface area contributed by atoms with E-state index in [0.717, 1.165) is 11.8 Å². The Hall–Kier alpha value is 0.270. The zero-order valence-corrected chi connectivity index (χ0v) is 10.7. The smallest absolute Gasteiger partial charge is 0.00187 e. The monoisotopic (exact) mass is 228 g/mol. The van der Waals surface area contributed by atoms with Gasteiger partial charge in [0.15, 0.2) is 0 Å². The molecule has 2 aliphatic rings. The van der Waals surface area contributed by atoms with Crippen molar-refractivity contribution >= 4 is 11.8 Å². The first kappa shape index (κ1) is 11.7. The highest BCUT2D eigenvalue weighted by Gasteiger charge is 2.18. The van der Waals surface area contributed by atoms with Crippen LogP contribution in [0.1, 0.15) is 19.3 Å². The minimum Gasteiger partial charge on any atom is -0.316 e. The minimum absolute atomic E-state index is 0.901. The van der Waals surface area contributed by atoms with Gasteiger partial charge in [-0.25, -0.2) is 0 Å². The molecule has 2 fully saturated rings. The second-order valence-electron chi connectivity index (χ2n) is 5.16. The van der Waals surface area contributed by atoms with Gasteiger partial charge in [-0.2, -0.15) is 11.8 Å². The topological polar surface area (TPSA) is 15.3 Å². The molecule has 2 rings (SSSR count). The summed E-state index contributed by atoms with van der Waals surface area (Å²) in [6.07, 6.45) is 4.25. The highest BCUT2D eigenvalue weighted by molar-refractivity contribution is 7.99. The summed E-state index contributed by atoms with van der Waals surface area (Å²) < 4.78 is 0. The summed E-state index contributed by atoms with van der Waals surface area (Å²) in [5.41, 5.74) is 0. The van der Waals surface area contributed by atoms with Crippen LogP contribution in [0.5, 0.6) is 0 Å². The van der Waals surface area contributed by atoms with Crippen molar-refractivity contribution in [3.05, 3.63) is 0 Å². The summed E-state index contributed by atoms with van der Waals surface area (Å²) in [4.78, 5) is 2.47. The van der Waals surface area contributed by atoms with E-state index in [1.165, 1.54) is 56.9 Å². The molecule has 2 atom stereocenters. The fraction of sp³-hybridized carbons (Fsp3) is 1.00. The lowest BCUT2D eigenvalue weighted by atomic mass is 9.98. The Balaban J connectivity index is 1.56. The van der Waals surface area contributed by atoms with Gasteiger partial charge >= 0.3 is 0 Å². The van der Waals surface area contributed by atoms with E-state index in [4.69, 9.17) is 0 Å². The first-order valence-electron chi connectivity index (χ1n) is 6.31. The average molecular weight is 228 g/mol. The maximum Gasteiger partial charge on any atom is 0.00187 e. The second-order valence-corrected chi connectivity index (χ2v) is 6.31. The van der Waals surface area contributed by atoms with Gasteiger partial charge in [-0.1, -0.05) is 0 Å². The highest BCUT2D eigenvalue weighted by atomic mass is 32.2. The molecule has 88 valence electrons. The molecule has 0 radical (unpaired) electrons. The van der Waals surface area contributed by atoms with Crippen molar-refractivity contribution in [3.63, 3.8) is 0 Å². The molecule has 0 saturated carbocycles. The van der Waals surface area contributed by atoms with Gasteiger partial charge in [0, 0.05) is 6.54 Å². The molecule has 0 aromatic carbocycles. The van der Waals surface area contributed by atoms with Crippen LogP contribution in [0.2, 0.25) is 0 Å². The number of nitrogens with one attached hydrogen (secondary N) is 1. The summed E-state index contributed by atoms with van der Waals surface area (Å²) in [6.45, 7) is 5.10. The number of hydrogen-bond donors (Lipinski definition) is 1. The van der Waals surface area contributed by atoms with E-state index in [0.29, 0.717) is 0 Å². The predicted molar refractivity (Wildman–Crippen MR) is 68.5 cm³/mol. The average Bonchev–Trinajstić information content (AvgIpc) is 2.71. The molecule has 2 aliphatic heterocycles. The van der Waals surface area contributed by atoms with E-state index in [1.54, 1.807) is 0 Å². The van der Waals surface area contributed by atoms with Gasteiger partial charge in [0.25, 0.3) is 0 Å². The molecule has 2 unspecified atom stereocenters. The van der Waals surface area contributed by atoms with Crippen molar-refractivity contribution in [2.75, 3.05) is 44.7 Å². The standard InChI is InChI=1S/C12H24N2S/c1-14-5-2-3-11(9-14)7-13-8-12-4-6-15-10-12/h11-13H,2-10H2,1H3. The van der Waals surface area contributed by atoms with E-state index >= 15 is 0 Å². The number of hydrogen-bond acceptors (Lipinski definition) is 3. The van der Waals surface area contributed by atoms with Crippen molar-refractivity contribution in [1.82, 2.24) is 10.2 Å². The molecular formula is C12H24N2S. The van der Waals surface area contributed by atoms with Crippen LogP contribution in [0.3, 0.4) is 0 Å². The lowest BCUT2D eigenvalue weighted by molar-refractivity contribution is 0.205. The number of likely N-dealkylation sites (tertiary alicyclic amines) is 1. The first-order chi connectivity index (χ1) is 7.34. The molecule has 0 aromatic rings. The molecule has 0 amide bonds. The summed E-state index contributed by atoms with van der Waals surface area (Å²) >= 11 is 2.12. The molecule has 1 N–H and O–H groups in total. The van der Waals surface area contributed by atoms with E-state index < -0.39 is 0 Å². The first-order valence-corrected chi connectivity index (χ1v) is 7.47. The third kappa shape index (κ3) is 3.97. The van der Waals surface area contributed by atoms with Crippen LogP contribution in [0.4, 0.5) is 0 Å². The van der Waals surface area contributed by atoms with Crippen molar-refractivity contribution < 1.29 is 0 Å². The Morgan fingerprint density at radius 1 is 1.27 bits per heavy atom. The SMILES string of the molecule is CN1CCCC(CNCC2CCSC2)C1. The van der Waals surface area contributed by atoms with Crippen LogP contribution < -0.4 is 5.32 Å². The van der Waals surface area contributed by atoms with Crippen LogP contribution in [0.15, 0.2) is 0 Å².